The Balaban J connectivity index is 1.82. The van der Waals surface area contributed by atoms with Crippen LogP contribution in [0, 0.1) is 13.8 Å². The first-order chi connectivity index (χ1) is 12.6. The molecule has 3 heteroatoms. The number of benzene rings is 2. The van der Waals surface area contributed by atoms with Crippen LogP contribution in [0.4, 0.5) is 5.69 Å². The summed E-state index contributed by atoms with van der Waals surface area (Å²) in [6.45, 7) is 6.44. The van der Waals surface area contributed by atoms with Gasteiger partial charge in [-0.15, -0.1) is 0 Å². The Morgan fingerprint density at radius 2 is 1.81 bits per heavy atom. The molecule has 1 aromatic heterocycles. The number of hydrogen-bond acceptors (Lipinski definition) is 1. The first kappa shape index (κ1) is 18.5. The lowest BCUT2D eigenvalue weighted by molar-refractivity contribution is 0.795. The van der Waals surface area contributed by atoms with E-state index < -0.39 is 0 Å². The maximum Gasteiger partial charge on any atom is 0.0630 e. The maximum atomic E-state index is 6.15. The van der Waals surface area contributed by atoms with Crippen LogP contribution in [0.1, 0.15) is 42.3 Å². The molecule has 0 N–H and O–H groups in total. The molecular weight excluding hydrogens is 340 g/mol. The molecule has 1 heterocycles. The summed E-state index contributed by atoms with van der Waals surface area (Å²) in [6.07, 6.45) is 5.55. The molecule has 0 unspecified atom stereocenters. The lowest BCUT2D eigenvalue weighted by Crippen LogP contribution is -1.99. The van der Waals surface area contributed by atoms with E-state index in [2.05, 4.69) is 66.7 Å². The number of halogens is 1. The van der Waals surface area contributed by atoms with Gasteiger partial charge in [-0.1, -0.05) is 43.1 Å². The van der Waals surface area contributed by atoms with Crippen molar-refractivity contribution in [3.8, 4) is 5.69 Å². The average Bonchev–Trinajstić information content (AvgIpc) is 2.92. The minimum absolute atomic E-state index is 0.744. The average molecular weight is 365 g/mol. The highest BCUT2D eigenvalue weighted by Crippen LogP contribution is 2.23. The molecule has 0 fully saturated rings. The van der Waals surface area contributed by atoms with Crippen molar-refractivity contribution in [2.45, 2.75) is 40.0 Å². The lowest BCUT2D eigenvalue weighted by Gasteiger charge is -2.09. The highest BCUT2D eigenvalue weighted by atomic mass is 35.5. The summed E-state index contributed by atoms with van der Waals surface area (Å²) in [5.41, 5.74) is 6.89. The van der Waals surface area contributed by atoms with Gasteiger partial charge in [-0.2, -0.15) is 0 Å². The smallest absolute Gasteiger partial charge is 0.0630 e. The molecule has 2 nitrogen and oxygen atoms in total. The Kier molecular flexibility index (Phi) is 5.95. The zero-order valence-electron chi connectivity index (χ0n) is 15.7. The van der Waals surface area contributed by atoms with Gasteiger partial charge in [-0.05, 0) is 68.7 Å². The second-order valence-corrected chi connectivity index (χ2v) is 7.11. The highest BCUT2D eigenvalue weighted by Gasteiger charge is 2.09. The number of aliphatic imine (C=N–C) groups is 1. The van der Waals surface area contributed by atoms with E-state index in [1.165, 1.54) is 24.1 Å². The molecule has 0 saturated heterocycles. The molecule has 0 spiro atoms. The molecule has 3 aromatic rings. The Labute approximate surface area is 161 Å². The standard InChI is InChI=1S/C23H25ClN2/c1-4-5-7-19-10-12-22(13-11-19)25-16-20-14-17(2)26(18(20)3)23-9-6-8-21(24)15-23/h6,8-16H,4-5,7H2,1-3H3. The lowest BCUT2D eigenvalue weighted by atomic mass is 10.1. The molecule has 0 bridgehead atoms. The third-order valence-electron chi connectivity index (χ3n) is 4.64. The van der Waals surface area contributed by atoms with Crippen molar-refractivity contribution in [1.29, 1.82) is 0 Å². The fourth-order valence-corrected chi connectivity index (χ4v) is 3.39. The summed E-state index contributed by atoms with van der Waals surface area (Å²) in [6, 6.07) is 18.6. The Morgan fingerprint density at radius 3 is 2.50 bits per heavy atom. The van der Waals surface area contributed by atoms with E-state index >= 15 is 0 Å². The minimum atomic E-state index is 0.744. The second kappa shape index (κ2) is 8.37. The quantitative estimate of drug-likeness (QED) is 0.426. The van der Waals surface area contributed by atoms with E-state index in [4.69, 9.17) is 11.6 Å². The summed E-state index contributed by atoms with van der Waals surface area (Å²) in [7, 11) is 0. The summed E-state index contributed by atoms with van der Waals surface area (Å²) < 4.78 is 2.21. The van der Waals surface area contributed by atoms with Gasteiger partial charge in [0.2, 0.25) is 0 Å². The van der Waals surface area contributed by atoms with Crippen LogP contribution in [0.15, 0.2) is 59.6 Å². The minimum Gasteiger partial charge on any atom is -0.318 e. The van der Waals surface area contributed by atoms with Gasteiger partial charge in [-0.3, -0.25) is 4.99 Å². The monoisotopic (exact) mass is 364 g/mol. The van der Waals surface area contributed by atoms with E-state index in [-0.39, 0.29) is 0 Å². The van der Waals surface area contributed by atoms with Crippen LogP contribution in [-0.4, -0.2) is 10.8 Å². The van der Waals surface area contributed by atoms with Crippen molar-refractivity contribution in [1.82, 2.24) is 4.57 Å². The third-order valence-corrected chi connectivity index (χ3v) is 4.88. The summed E-state index contributed by atoms with van der Waals surface area (Å²) >= 11 is 6.15. The van der Waals surface area contributed by atoms with Gasteiger partial charge in [0, 0.05) is 33.9 Å². The molecule has 0 aliphatic heterocycles. The molecule has 0 radical (unpaired) electrons. The van der Waals surface area contributed by atoms with Gasteiger partial charge in [-0.25, -0.2) is 0 Å². The zero-order chi connectivity index (χ0) is 18.5. The molecule has 0 aliphatic carbocycles. The number of unbranched alkanes of at least 4 members (excludes halogenated alkanes) is 1. The SMILES string of the molecule is CCCCc1ccc(N=Cc2cc(C)n(-c3cccc(Cl)c3)c2C)cc1. The van der Waals surface area contributed by atoms with Gasteiger partial charge in [0.1, 0.15) is 0 Å². The number of hydrogen-bond donors (Lipinski definition) is 0. The number of aryl methyl sites for hydroxylation is 2. The van der Waals surface area contributed by atoms with E-state index in [0.717, 1.165) is 34.1 Å². The van der Waals surface area contributed by atoms with Crippen LogP contribution in [0.2, 0.25) is 5.02 Å². The van der Waals surface area contributed by atoms with E-state index in [0.29, 0.717) is 0 Å². The van der Waals surface area contributed by atoms with Crippen LogP contribution in [-0.2, 0) is 6.42 Å². The van der Waals surface area contributed by atoms with Crippen LogP contribution >= 0.6 is 11.6 Å². The molecule has 26 heavy (non-hydrogen) atoms. The van der Waals surface area contributed by atoms with Crippen molar-refractivity contribution in [3.05, 3.63) is 82.1 Å². The van der Waals surface area contributed by atoms with Gasteiger partial charge in [0.15, 0.2) is 0 Å². The molecule has 0 aliphatic rings. The van der Waals surface area contributed by atoms with E-state index in [1.807, 2.05) is 24.4 Å². The van der Waals surface area contributed by atoms with Crippen LogP contribution in [0.25, 0.3) is 5.69 Å². The van der Waals surface area contributed by atoms with Crippen molar-refractivity contribution in [2.75, 3.05) is 0 Å². The van der Waals surface area contributed by atoms with E-state index in [1.54, 1.807) is 0 Å². The van der Waals surface area contributed by atoms with Crippen LogP contribution in [0.3, 0.4) is 0 Å². The molecule has 134 valence electrons. The van der Waals surface area contributed by atoms with Crippen molar-refractivity contribution in [2.24, 2.45) is 4.99 Å². The van der Waals surface area contributed by atoms with Gasteiger partial charge in [0.05, 0.1) is 5.69 Å². The number of aromatic nitrogens is 1. The first-order valence-corrected chi connectivity index (χ1v) is 9.54. The highest BCUT2D eigenvalue weighted by molar-refractivity contribution is 6.30. The Morgan fingerprint density at radius 1 is 1.04 bits per heavy atom. The maximum absolute atomic E-state index is 6.15. The zero-order valence-corrected chi connectivity index (χ0v) is 16.4. The number of nitrogens with zero attached hydrogens (tertiary/aromatic N) is 2. The predicted octanol–water partition coefficient (Wildman–Crippen LogP) is 6.84. The van der Waals surface area contributed by atoms with E-state index in [9.17, 15) is 0 Å². The predicted molar refractivity (Wildman–Crippen MR) is 113 cm³/mol. The third kappa shape index (κ3) is 4.25. The van der Waals surface area contributed by atoms with Crippen molar-refractivity contribution < 1.29 is 0 Å². The molecule has 0 amide bonds. The molecule has 3 rings (SSSR count). The number of rotatable bonds is 6. The van der Waals surface area contributed by atoms with Crippen molar-refractivity contribution in [3.63, 3.8) is 0 Å². The van der Waals surface area contributed by atoms with Crippen molar-refractivity contribution >= 4 is 23.5 Å². The van der Waals surface area contributed by atoms with Crippen LogP contribution < -0.4 is 0 Å². The first-order valence-electron chi connectivity index (χ1n) is 9.16. The largest absolute Gasteiger partial charge is 0.318 e. The normalized spacial score (nSPS) is 11.4. The van der Waals surface area contributed by atoms with Gasteiger partial charge < -0.3 is 4.57 Å². The Hall–Kier alpha value is -2.32. The molecule has 2 aromatic carbocycles. The molecular formula is C23H25ClN2. The summed E-state index contributed by atoms with van der Waals surface area (Å²) in [5, 5.41) is 0.744. The summed E-state index contributed by atoms with van der Waals surface area (Å²) in [5.74, 6) is 0. The van der Waals surface area contributed by atoms with Gasteiger partial charge in [0.25, 0.3) is 0 Å². The topological polar surface area (TPSA) is 17.3 Å². The fourth-order valence-electron chi connectivity index (χ4n) is 3.20. The fraction of sp³-hybridized carbons (Fsp3) is 0.261. The molecule has 0 atom stereocenters. The summed E-state index contributed by atoms with van der Waals surface area (Å²) in [4.78, 5) is 4.66. The van der Waals surface area contributed by atoms with Crippen LogP contribution in [0.5, 0.6) is 0 Å². The Bertz CT molecular complexity index is 904. The molecule has 0 saturated carbocycles. The second-order valence-electron chi connectivity index (χ2n) is 6.67. The van der Waals surface area contributed by atoms with Gasteiger partial charge >= 0.3 is 0 Å².